The molecule has 0 aliphatic carbocycles. The maximum Gasteiger partial charge on any atom is 0.253 e. The summed E-state index contributed by atoms with van der Waals surface area (Å²) in [7, 11) is 1.62. The van der Waals surface area contributed by atoms with Crippen molar-refractivity contribution in [3.8, 4) is 0 Å². The molecule has 0 bridgehead atoms. The fraction of sp³-hybridized carbons (Fsp3) is 0.462. The Hall–Kier alpha value is -1.55. The average molecular weight is 236 g/mol. The first-order chi connectivity index (χ1) is 8.10. The molecule has 1 aromatic rings. The zero-order valence-electron chi connectivity index (χ0n) is 10.6. The lowest BCUT2D eigenvalue weighted by Crippen LogP contribution is -2.37. The van der Waals surface area contributed by atoms with E-state index in [9.17, 15) is 4.79 Å². The summed E-state index contributed by atoms with van der Waals surface area (Å²) in [6.07, 6.45) is 0.825. The lowest BCUT2D eigenvalue weighted by Gasteiger charge is -2.17. The Morgan fingerprint density at radius 2 is 2.24 bits per heavy atom. The van der Waals surface area contributed by atoms with Crippen LogP contribution in [0.1, 0.15) is 29.3 Å². The molecule has 1 atom stereocenters. The summed E-state index contributed by atoms with van der Waals surface area (Å²) in [5, 5.41) is 2.91. The standard InChI is InChI=1S/C13H20N2O2/c1-4-10(8-17-3)15-13(16)11-7-5-6-9(2)12(11)14/h5-7,10H,4,8,14H2,1-3H3,(H,15,16). The van der Waals surface area contributed by atoms with Gasteiger partial charge in [0.05, 0.1) is 18.2 Å². The van der Waals surface area contributed by atoms with Crippen molar-refractivity contribution < 1.29 is 9.53 Å². The van der Waals surface area contributed by atoms with Crippen LogP contribution in [0.25, 0.3) is 0 Å². The smallest absolute Gasteiger partial charge is 0.253 e. The third-order valence-corrected chi connectivity index (χ3v) is 2.76. The molecule has 1 unspecified atom stereocenters. The molecule has 1 rings (SSSR count). The minimum Gasteiger partial charge on any atom is -0.398 e. The molecule has 0 fully saturated rings. The molecule has 0 saturated heterocycles. The number of amides is 1. The maximum atomic E-state index is 12.0. The van der Waals surface area contributed by atoms with Gasteiger partial charge in [-0.25, -0.2) is 0 Å². The number of para-hydroxylation sites is 1. The summed E-state index contributed by atoms with van der Waals surface area (Å²) in [6, 6.07) is 5.47. The van der Waals surface area contributed by atoms with E-state index in [1.165, 1.54) is 0 Å². The molecule has 3 N–H and O–H groups in total. The van der Waals surface area contributed by atoms with Gasteiger partial charge >= 0.3 is 0 Å². The molecule has 0 radical (unpaired) electrons. The van der Waals surface area contributed by atoms with Gasteiger partial charge in [-0.2, -0.15) is 0 Å². The predicted octanol–water partition coefficient (Wildman–Crippen LogP) is 1.73. The molecule has 1 amide bonds. The lowest BCUT2D eigenvalue weighted by atomic mass is 10.1. The first-order valence-electron chi connectivity index (χ1n) is 5.75. The zero-order chi connectivity index (χ0) is 12.8. The molecule has 0 aromatic heterocycles. The van der Waals surface area contributed by atoms with Gasteiger partial charge in [-0.05, 0) is 25.0 Å². The number of nitrogens with two attached hydrogens (primary N) is 1. The molecule has 1 aromatic carbocycles. The highest BCUT2D eigenvalue weighted by Gasteiger charge is 2.14. The van der Waals surface area contributed by atoms with E-state index in [2.05, 4.69) is 5.32 Å². The quantitative estimate of drug-likeness (QED) is 0.765. The number of hydrogen-bond donors (Lipinski definition) is 2. The monoisotopic (exact) mass is 236 g/mol. The summed E-state index contributed by atoms with van der Waals surface area (Å²) in [5.74, 6) is -0.143. The highest BCUT2D eigenvalue weighted by atomic mass is 16.5. The first kappa shape index (κ1) is 13.5. The number of nitrogen functional groups attached to an aromatic ring is 1. The van der Waals surface area contributed by atoms with E-state index in [0.29, 0.717) is 17.9 Å². The lowest BCUT2D eigenvalue weighted by molar-refractivity contribution is 0.0895. The Morgan fingerprint density at radius 1 is 1.53 bits per heavy atom. The molecule has 4 nitrogen and oxygen atoms in total. The number of methoxy groups -OCH3 is 1. The van der Waals surface area contributed by atoms with Gasteiger partial charge in [0.15, 0.2) is 0 Å². The minimum absolute atomic E-state index is 0.0208. The minimum atomic E-state index is -0.143. The van der Waals surface area contributed by atoms with Gasteiger partial charge in [-0.3, -0.25) is 4.79 Å². The molecule has 0 aliphatic rings. The molecule has 0 heterocycles. The van der Waals surface area contributed by atoms with Gasteiger partial charge in [-0.1, -0.05) is 19.1 Å². The van der Waals surface area contributed by atoms with Crippen LogP contribution in [0.3, 0.4) is 0 Å². The number of carbonyl (C=O) groups is 1. The van der Waals surface area contributed by atoms with E-state index in [1.54, 1.807) is 13.2 Å². The Bertz CT molecular complexity index is 391. The Morgan fingerprint density at radius 3 is 2.82 bits per heavy atom. The van der Waals surface area contributed by atoms with Crippen molar-refractivity contribution in [3.63, 3.8) is 0 Å². The number of nitrogens with one attached hydrogen (secondary N) is 1. The number of hydrogen-bond acceptors (Lipinski definition) is 3. The van der Waals surface area contributed by atoms with E-state index >= 15 is 0 Å². The Labute approximate surface area is 102 Å². The second kappa shape index (κ2) is 6.25. The van der Waals surface area contributed by atoms with Crippen molar-refractivity contribution in [1.82, 2.24) is 5.32 Å². The number of ether oxygens (including phenoxy) is 1. The normalized spacial score (nSPS) is 12.2. The highest BCUT2D eigenvalue weighted by Crippen LogP contribution is 2.16. The fourth-order valence-electron chi connectivity index (χ4n) is 1.60. The third-order valence-electron chi connectivity index (χ3n) is 2.76. The maximum absolute atomic E-state index is 12.0. The van der Waals surface area contributed by atoms with Crippen molar-refractivity contribution >= 4 is 11.6 Å². The van der Waals surface area contributed by atoms with Crippen molar-refractivity contribution in [2.24, 2.45) is 0 Å². The van der Waals surface area contributed by atoms with Gasteiger partial charge < -0.3 is 15.8 Å². The van der Waals surface area contributed by atoms with Crippen LogP contribution in [-0.2, 0) is 4.74 Å². The fourth-order valence-corrected chi connectivity index (χ4v) is 1.60. The van der Waals surface area contributed by atoms with Crippen LogP contribution in [0.5, 0.6) is 0 Å². The van der Waals surface area contributed by atoms with Crippen LogP contribution < -0.4 is 11.1 Å². The summed E-state index contributed by atoms with van der Waals surface area (Å²) in [4.78, 5) is 12.0. The van der Waals surface area contributed by atoms with Gasteiger partial charge in [-0.15, -0.1) is 0 Å². The Balaban J connectivity index is 2.79. The second-order valence-corrected chi connectivity index (χ2v) is 4.07. The van der Waals surface area contributed by atoms with Gasteiger partial charge in [0.2, 0.25) is 0 Å². The van der Waals surface area contributed by atoms with Crippen molar-refractivity contribution in [2.75, 3.05) is 19.5 Å². The molecule has 0 spiro atoms. The van der Waals surface area contributed by atoms with Crippen LogP contribution in [0.2, 0.25) is 0 Å². The Kier molecular flexibility index (Phi) is 4.97. The third kappa shape index (κ3) is 3.46. The zero-order valence-corrected chi connectivity index (χ0v) is 10.6. The molecule has 0 saturated carbocycles. The topological polar surface area (TPSA) is 64.3 Å². The van der Waals surface area contributed by atoms with E-state index in [-0.39, 0.29) is 11.9 Å². The summed E-state index contributed by atoms with van der Waals surface area (Å²) < 4.78 is 5.04. The number of anilines is 1. The first-order valence-corrected chi connectivity index (χ1v) is 5.75. The van der Waals surface area contributed by atoms with Crippen molar-refractivity contribution in [3.05, 3.63) is 29.3 Å². The van der Waals surface area contributed by atoms with E-state index in [4.69, 9.17) is 10.5 Å². The van der Waals surface area contributed by atoms with Crippen LogP contribution in [-0.4, -0.2) is 25.7 Å². The van der Waals surface area contributed by atoms with Crippen molar-refractivity contribution in [2.45, 2.75) is 26.3 Å². The van der Waals surface area contributed by atoms with E-state index in [0.717, 1.165) is 12.0 Å². The summed E-state index contributed by atoms with van der Waals surface area (Å²) in [5.41, 5.74) is 7.86. The van der Waals surface area contributed by atoms with Crippen molar-refractivity contribution in [1.29, 1.82) is 0 Å². The summed E-state index contributed by atoms with van der Waals surface area (Å²) >= 11 is 0. The van der Waals surface area contributed by atoms with Gasteiger partial charge in [0, 0.05) is 12.8 Å². The number of aryl methyl sites for hydroxylation is 1. The number of benzene rings is 1. The van der Waals surface area contributed by atoms with E-state index in [1.807, 2.05) is 26.0 Å². The predicted molar refractivity (Wildman–Crippen MR) is 69.0 cm³/mol. The molecular formula is C13H20N2O2. The molecular weight excluding hydrogens is 216 g/mol. The average Bonchev–Trinajstić information content (AvgIpc) is 2.31. The largest absolute Gasteiger partial charge is 0.398 e. The number of rotatable bonds is 5. The molecule has 17 heavy (non-hydrogen) atoms. The summed E-state index contributed by atoms with van der Waals surface area (Å²) in [6.45, 7) is 4.40. The molecule has 94 valence electrons. The van der Waals surface area contributed by atoms with Crippen LogP contribution in [0.15, 0.2) is 18.2 Å². The van der Waals surface area contributed by atoms with Gasteiger partial charge in [0.25, 0.3) is 5.91 Å². The van der Waals surface area contributed by atoms with Crippen LogP contribution >= 0.6 is 0 Å². The molecule has 4 heteroatoms. The van der Waals surface area contributed by atoms with Gasteiger partial charge in [0.1, 0.15) is 0 Å². The SMILES string of the molecule is CCC(COC)NC(=O)c1cccc(C)c1N. The van der Waals surface area contributed by atoms with Crippen LogP contribution in [0.4, 0.5) is 5.69 Å². The van der Waals surface area contributed by atoms with Crippen LogP contribution in [0, 0.1) is 6.92 Å². The number of carbonyl (C=O) groups excluding carboxylic acids is 1. The van der Waals surface area contributed by atoms with E-state index < -0.39 is 0 Å². The molecule has 0 aliphatic heterocycles. The highest BCUT2D eigenvalue weighted by molar-refractivity contribution is 5.99. The second-order valence-electron chi connectivity index (χ2n) is 4.07.